The average molecular weight is 399 g/mol. The number of benzene rings is 2. The van der Waals surface area contributed by atoms with Crippen molar-refractivity contribution in [3.8, 4) is 0 Å². The van der Waals surface area contributed by atoms with Crippen LogP contribution in [0.4, 0.5) is 5.69 Å². The summed E-state index contributed by atoms with van der Waals surface area (Å²) in [5.41, 5.74) is 0.741. The first-order valence-electron chi connectivity index (χ1n) is 8.79. The summed E-state index contributed by atoms with van der Waals surface area (Å²) in [6.07, 6.45) is -1.02. The van der Waals surface area contributed by atoms with Gasteiger partial charge in [0.1, 0.15) is 6.54 Å². The maximum absolute atomic E-state index is 12.3. The monoisotopic (exact) mass is 399 g/mol. The van der Waals surface area contributed by atoms with Gasteiger partial charge < -0.3 is 15.0 Å². The second-order valence-corrected chi connectivity index (χ2v) is 6.30. The van der Waals surface area contributed by atoms with Crippen molar-refractivity contribution in [3.63, 3.8) is 0 Å². The quantitative estimate of drug-likeness (QED) is 0.411. The van der Waals surface area contributed by atoms with Gasteiger partial charge in [-0.25, -0.2) is 0 Å². The fraction of sp³-hybridized carbons (Fsp3) is 0.250. The van der Waals surface area contributed by atoms with E-state index >= 15 is 0 Å². The van der Waals surface area contributed by atoms with Crippen LogP contribution in [-0.2, 0) is 20.9 Å². The van der Waals surface area contributed by atoms with Gasteiger partial charge in [0.25, 0.3) is 17.5 Å². The van der Waals surface area contributed by atoms with Crippen molar-refractivity contribution in [2.24, 2.45) is 0 Å². The first kappa shape index (κ1) is 21.5. The fourth-order valence-electron chi connectivity index (χ4n) is 2.55. The molecule has 2 aromatic rings. The Labute approximate surface area is 167 Å². The van der Waals surface area contributed by atoms with E-state index in [0.717, 1.165) is 11.6 Å². The first-order valence-corrected chi connectivity index (χ1v) is 8.79. The highest BCUT2D eigenvalue weighted by molar-refractivity contribution is 5.96. The van der Waals surface area contributed by atoms with Crippen LogP contribution in [0.2, 0.25) is 0 Å². The van der Waals surface area contributed by atoms with Crippen molar-refractivity contribution >= 4 is 23.5 Å². The Bertz CT molecular complexity index is 900. The molecule has 0 aliphatic rings. The lowest BCUT2D eigenvalue weighted by Gasteiger charge is -2.21. The number of ether oxygens (including phenoxy) is 1. The smallest absolute Gasteiger partial charge is 0.326 e. The Morgan fingerprint density at radius 1 is 1.14 bits per heavy atom. The highest BCUT2D eigenvalue weighted by Crippen LogP contribution is 2.13. The third-order valence-corrected chi connectivity index (χ3v) is 4.01. The zero-order chi connectivity index (χ0) is 21.4. The van der Waals surface area contributed by atoms with Gasteiger partial charge in [-0.2, -0.15) is 0 Å². The van der Waals surface area contributed by atoms with E-state index in [1.54, 1.807) is 7.05 Å². The van der Waals surface area contributed by atoms with E-state index in [1.807, 2.05) is 30.3 Å². The minimum absolute atomic E-state index is 0.0405. The topological polar surface area (TPSA) is 119 Å². The standard InChI is InChI=1S/C20H21N3O6/c1-14(20(26)22(2)13-15-7-4-3-5-8-15)29-18(24)12-21-19(25)16-9-6-10-17(11-16)23(27)28/h3-11,14H,12-13H2,1-2H3,(H,21,25). The summed E-state index contributed by atoms with van der Waals surface area (Å²) in [5.74, 6) is -1.84. The van der Waals surface area contributed by atoms with Gasteiger partial charge in [-0.05, 0) is 18.6 Å². The summed E-state index contributed by atoms with van der Waals surface area (Å²) in [4.78, 5) is 47.9. The molecule has 0 aliphatic heterocycles. The van der Waals surface area contributed by atoms with Crippen LogP contribution in [0.1, 0.15) is 22.8 Å². The first-order chi connectivity index (χ1) is 13.8. The zero-order valence-electron chi connectivity index (χ0n) is 16.0. The molecule has 2 aromatic carbocycles. The van der Waals surface area contributed by atoms with Crippen LogP contribution >= 0.6 is 0 Å². The lowest BCUT2D eigenvalue weighted by atomic mass is 10.2. The Kier molecular flexibility index (Phi) is 7.41. The second-order valence-electron chi connectivity index (χ2n) is 6.30. The molecule has 1 unspecified atom stereocenters. The predicted molar refractivity (Wildman–Crippen MR) is 104 cm³/mol. The molecule has 2 amide bonds. The SMILES string of the molecule is CC(OC(=O)CNC(=O)c1cccc([N+](=O)[O-])c1)C(=O)N(C)Cc1ccccc1. The molecule has 1 atom stereocenters. The molecule has 0 radical (unpaired) electrons. The number of carbonyl (C=O) groups excluding carboxylic acids is 3. The molecule has 0 bridgehead atoms. The minimum atomic E-state index is -1.02. The molecule has 152 valence electrons. The largest absolute Gasteiger partial charge is 0.451 e. The second kappa shape index (κ2) is 9.98. The van der Waals surface area contributed by atoms with Gasteiger partial charge in [0.05, 0.1) is 4.92 Å². The van der Waals surface area contributed by atoms with Crippen LogP contribution in [0.15, 0.2) is 54.6 Å². The van der Waals surface area contributed by atoms with E-state index in [1.165, 1.54) is 30.0 Å². The molecule has 9 heteroatoms. The normalized spacial score (nSPS) is 11.2. The summed E-state index contributed by atoms with van der Waals surface area (Å²) in [6.45, 7) is 1.34. The van der Waals surface area contributed by atoms with Crippen molar-refractivity contribution < 1.29 is 24.0 Å². The Morgan fingerprint density at radius 3 is 2.48 bits per heavy atom. The number of hydrogen-bond donors (Lipinski definition) is 1. The van der Waals surface area contributed by atoms with Gasteiger partial charge in [-0.15, -0.1) is 0 Å². The number of esters is 1. The Morgan fingerprint density at radius 2 is 1.83 bits per heavy atom. The maximum Gasteiger partial charge on any atom is 0.326 e. The van der Waals surface area contributed by atoms with E-state index in [-0.39, 0.29) is 17.2 Å². The number of nitro groups is 1. The lowest BCUT2D eigenvalue weighted by molar-refractivity contribution is -0.384. The molecule has 2 rings (SSSR count). The zero-order valence-corrected chi connectivity index (χ0v) is 16.0. The number of non-ortho nitro benzene ring substituents is 1. The number of hydrogen-bond acceptors (Lipinski definition) is 6. The van der Waals surface area contributed by atoms with Gasteiger partial charge in [-0.1, -0.05) is 36.4 Å². The Balaban J connectivity index is 1.83. The summed E-state index contributed by atoms with van der Waals surface area (Å²) in [5, 5.41) is 13.1. The molecule has 0 fully saturated rings. The van der Waals surface area contributed by atoms with Gasteiger partial charge in [-0.3, -0.25) is 24.5 Å². The number of amides is 2. The molecule has 0 saturated heterocycles. The molecule has 0 saturated carbocycles. The van der Waals surface area contributed by atoms with E-state index < -0.39 is 29.4 Å². The number of nitrogens with zero attached hydrogens (tertiary/aromatic N) is 2. The van der Waals surface area contributed by atoms with E-state index in [0.29, 0.717) is 6.54 Å². The van der Waals surface area contributed by atoms with Crippen LogP contribution in [0.3, 0.4) is 0 Å². The molecule has 9 nitrogen and oxygen atoms in total. The maximum atomic E-state index is 12.3. The molecule has 29 heavy (non-hydrogen) atoms. The lowest BCUT2D eigenvalue weighted by Crippen LogP contribution is -2.39. The molecular weight excluding hydrogens is 378 g/mol. The van der Waals surface area contributed by atoms with Crippen molar-refractivity contribution in [1.29, 1.82) is 0 Å². The van der Waals surface area contributed by atoms with Gasteiger partial charge in [0.2, 0.25) is 0 Å². The minimum Gasteiger partial charge on any atom is -0.451 e. The van der Waals surface area contributed by atoms with Crippen molar-refractivity contribution in [3.05, 3.63) is 75.8 Å². The summed E-state index contributed by atoms with van der Waals surface area (Å²) >= 11 is 0. The third kappa shape index (κ3) is 6.42. The van der Waals surface area contributed by atoms with Crippen LogP contribution < -0.4 is 5.32 Å². The number of carbonyl (C=O) groups is 3. The molecule has 1 N–H and O–H groups in total. The molecular formula is C20H21N3O6. The van der Waals surface area contributed by atoms with Crippen LogP contribution in [0, 0.1) is 10.1 Å². The molecule has 0 aliphatic carbocycles. The van der Waals surface area contributed by atoms with Gasteiger partial charge in [0, 0.05) is 31.3 Å². The van der Waals surface area contributed by atoms with Crippen molar-refractivity contribution in [1.82, 2.24) is 10.2 Å². The Hall–Kier alpha value is -3.75. The summed E-state index contributed by atoms with van der Waals surface area (Å²) in [7, 11) is 1.60. The number of likely N-dealkylation sites (N-methyl/N-ethyl adjacent to an activating group) is 1. The number of nitrogens with one attached hydrogen (secondary N) is 1. The predicted octanol–water partition coefficient (Wildman–Crippen LogP) is 1.91. The van der Waals surface area contributed by atoms with Gasteiger partial charge >= 0.3 is 5.97 Å². The van der Waals surface area contributed by atoms with Crippen LogP contribution in [-0.4, -0.2) is 47.3 Å². The molecule has 0 aromatic heterocycles. The third-order valence-electron chi connectivity index (χ3n) is 4.01. The highest BCUT2D eigenvalue weighted by atomic mass is 16.6. The van der Waals surface area contributed by atoms with Crippen molar-refractivity contribution in [2.45, 2.75) is 19.6 Å². The van der Waals surface area contributed by atoms with Gasteiger partial charge in [0.15, 0.2) is 6.10 Å². The van der Waals surface area contributed by atoms with E-state index in [2.05, 4.69) is 5.32 Å². The van der Waals surface area contributed by atoms with Crippen molar-refractivity contribution in [2.75, 3.05) is 13.6 Å². The average Bonchev–Trinajstić information content (AvgIpc) is 2.72. The summed E-state index contributed by atoms with van der Waals surface area (Å²) in [6, 6.07) is 14.5. The number of rotatable bonds is 8. The highest BCUT2D eigenvalue weighted by Gasteiger charge is 2.22. The number of nitro benzene ring substituents is 1. The van der Waals surface area contributed by atoms with Crippen LogP contribution in [0.25, 0.3) is 0 Å². The van der Waals surface area contributed by atoms with E-state index in [9.17, 15) is 24.5 Å². The fourth-order valence-corrected chi connectivity index (χ4v) is 2.55. The summed E-state index contributed by atoms with van der Waals surface area (Å²) < 4.78 is 5.07. The van der Waals surface area contributed by atoms with E-state index in [4.69, 9.17) is 4.74 Å². The van der Waals surface area contributed by atoms with Crippen LogP contribution in [0.5, 0.6) is 0 Å². The molecule has 0 spiro atoms. The molecule has 0 heterocycles.